The smallest absolute Gasteiger partial charge is 0.227 e. The van der Waals surface area contributed by atoms with Crippen molar-refractivity contribution >= 4 is 21.8 Å². The van der Waals surface area contributed by atoms with Gasteiger partial charge in [-0.05, 0) is 50.7 Å². The molecule has 1 heterocycles. The van der Waals surface area contributed by atoms with Gasteiger partial charge in [-0.25, -0.2) is 4.39 Å². The van der Waals surface area contributed by atoms with E-state index < -0.39 is 0 Å². The van der Waals surface area contributed by atoms with Gasteiger partial charge >= 0.3 is 0 Å². The van der Waals surface area contributed by atoms with Gasteiger partial charge in [0, 0.05) is 23.6 Å². The summed E-state index contributed by atoms with van der Waals surface area (Å²) in [4.78, 5) is 16.3. The first-order chi connectivity index (χ1) is 9.47. The Morgan fingerprint density at radius 1 is 1.40 bits per heavy atom. The van der Waals surface area contributed by atoms with Crippen molar-refractivity contribution in [1.82, 2.24) is 9.80 Å². The number of carbonyl (C=O) groups excluding carboxylic acids is 1. The third-order valence-electron chi connectivity index (χ3n) is 3.90. The van der Waals surface area contributed by atoms with Gasteiger partial charge in [-0.15, -0.1) is 0 Å². The number of piperidine rings is 1. The Bertz CT molecular complexity index is 485. The lowest BCUT2D eigenvalue weighted by Crippen LogP contribution is -2.45. The zero-order valence-corrected chi connectivity index (χ0v) is 13.5. The Morgan fingerprint density at radius 2 is 2.05 bits per heavy atom. The van der Waals surface area contributed by atoms with Crippen LogP contribution >= 0.6 is 15.9 Å². The predicted octanol–water partition coefficient (Wildman–Crippen LogP) is 2.68. The molecule has 5 heteroatoms. The molecular weight excluding hydrogens is 323 g/mol. The molecule has 0 atom stereocenters. The molecule has 0 saturated carbocycles. The quantitative estimate of drug-likeness (QED) is 0.843. The maximum Gasteiger partial charge on any atom is 0.227 e. The van der Waals surface area contributed by atoms with Gasteiger partial charge in [-0.1, -0.05) is 15.9 Å². The fourth-order valence-electron chi connectivity index (χ4n) is 2.59. The number of amides is 1. The highest BCUT2D eigenvalue weighted by Gasteiger charge is 2.24. The van der Waals surface area contributed by atoms with Crippen LogP contribution in [-0.4, -0.2) is 48.9 Å². The first kappa shape index (κ1) is 15.4. The lowest BCUT2D eigenvalue weighted by atomic mass is 10.0. The van der Waals surface area contributed by atoms with Crippen LogP contribution in [0.2, 0.25) is 0 Å². The van der Waals surface area contributed by atoms with Crippen LogP contribution in [0.1, 0.15) is 18.4 Å². The number of rotatable bonds is 3. The summed E-state index contributed by atoms with van der Waals surface area (Å²) >= 11 is 3.31. The van der Waals surface area contributed by atoms with Crippen molar-refractivity contribution in [3.05, 3.63) is 34.1 Å². The van der Waals surface area contributed by atoms with Gasteiger partial charge in [-0.3, -0.25) is 4.79 Å². The molecule has 0 aliphatic carbocycles. The minimum Gasteiger partial charge on any atom is -0.342 e. The zero-order chi connectivity index (χ0) is 14.7. The molecule has 1 saturated heterocycles. The van der Waals surface area contributed by atoms with Crippen LogP contribution in [0.15, 0.2) is 22.7 Å². The average molecular weight is 343 g/mol. The molecule has 0 radical (unpaired) electrons. The van der Waals surface area contributed by atoms with E-state index in [4.69, 9.17) is 0 Å². The van der Waals surface area contributed by atoms with Gasteiger partial charge in [0.15, 0.2) is 0 Å². The molecule has 1 aromatic rings. The Morgan fingerprint density at radius 3 is 2.65 bits per heavy atom. The molecule has 1 aliphatic rings. The number of nitrogens with zero attached hydrogens (tertiary/aromatic N) is 2. The molecule has 1 aliphatic heterocycles. The van der Waals surface area contributed by atoms with Crippen LogP contribution in [0.5, 0.6) is 0 Å². The Kier molecular flexibility index (Phi) is 5.16. The summed E-state index contributed by atoms with van der Waals surface area (Å²) in [6, 6.07) is 5.26. The lowest BCUT2D eigenvalue weighted by Gasteiger charge is -2.35. The maximum absolute atomic E-state index is 13.7. The number of likely N-dealkylation sites (tertiary alicyclic amines) is 1. The first-order valence-corrected chi connectivity index (χ1v) is 7.65. The van der Waals surface area contributed by atoms with Gasteiger partial charge in [0.25, 0.3) is 0 Å². The van der Waals surface area contributed by atoms with Gasteiger partial charge in [0.2, 0.25) is 5.91 Å². The molecule has 1 amide bonds. The van der Waals surface area contributed by atoms with E-state index in [1.54, 1.807) is 12.1 Å². The van der Waals surface area contributed by atoms with Crippen molar-refractivity contribution in [2.45, 2.75) is 25.3 Å². The van der Waals surface area contributed by atoms with Crippen molar-refractivity contribution in [1.29, 1.82) is 0 Å². The van der Waals surface area contributed by atoms with E-state index in [1.165, 1.54) is 6.07 Å². The highest BCUT2D eigenvalue weighted by molar-refractivity contribution is 9.10. The second-order valence-electron chi connectivity index (χ2n) is 5.49. The fourth-order valence-corrected chi connectivity index (χ4v) is 2.99. The number of hydrogen-bond acceptors (Lipinski definition) is 2. The largest absolute Gasteiger partial charge is 0.342 e. The topological polar surface area (TPSA) is 23.6 Å². The third-order valence-corrected chi connectivity index (χ3v) is 4.39. The molecular formula is C15H20BrFN2O. The predicted molar refractivity (Wildman–Crippen MR) is 81.1 cm³/mol. The highest BCUT2D eigenvalue weighted by Crippen LogP contribution is 2.19. The average Bonchev–Trinajstić information content (AvgIpc) is 2.43. The second kappa shape index (κ2) is 6.68. The fraction of sp³-hybridized carbons (Fsp3) is 0.533. The SMILES string of the molecule is CN(C)C1CCN(C(=O)Cc2cc(Br)ccc2F)CC1. The number of carbonyl (C=O) groups is 1. The molecule has 20 heavy (non-hydrogen) atoms. The van der Waals surface area contributed by atoms with Crippen molar-refractivity contribution in [2.24, 2.45) is 0 Å². The van der Waals surface area contributed by atoms with Crippen molar-refractivity contribution in [3.63, 3.8) is 0 Å². The molecule has 2 rings (SSSR count). The molecule has 0 bridgehead atoms. The normalized spacial score (nSPS) is 16.8. The molecule has 0 N–H and O–H groups in total. The first-order valence-electron chi connectivity index (χ1n) is 6.85. The van der Waals surface area contributed by atoms with Crippen LogP contribution in [-0.2, 0) is 11.2 Å². The third kappa shape index (κ3) is 3.79. The minimum atomic E-state index is -0.315. The van der Waals surface area contributed by atoms with E-state index in [-0.39, 0.29) is 18.1 Å². The number of benzene rings is 1. The van der Waals surface area contributed by atoms with Crippen LogP contribution in [0.25, 0.3) is 0 Å². The van der Waals surface area contributed by atoms with Gasteiger partial charge in [0.05, 0.1) is 6.42 Å². The second-order valence-corrected chi connectivity index (χ2v) is 6.40. The number of hydrogen-bond donors (Lipinski definition) is 0. The Labute approximate surface area is 127 Å². The van der Waals surface area contributed by atoms with E-state index in [2.05, 4.69) is 34.9 Å². The van der Waals surface area contributed by atoms with Crippen LogP contribution in [0.3, 0.4) is 0 Å². The lowest BCUT2D eigenvalue weighted by molar-refractivity contribution is -0.132. The van der Waals surface area contributed by atoms with E-state index >= 15 is 0 Å². The molecule has 110 valence electrons. The standard InChI is InChI=1S/C15H20BrFN2O/c1-18(2)13-5-7-19(8-6-13)15(20)10-11-9-12(16)3-4-14(11)17/h3-4,9,13H,5-8,10H2,1-2H3. The Balaban J connectivity index is 1.94. The molecule has 0 unspecified atom stereocenters. The van der Waals surface area contributed by atoms with Crippen LogP contribution in [0, 0.1) is 5.82 Å². The molecule has 0 aromatic heterocycles. The van der Waals surface area contributed by atoms with Crippen LogP contribution < -0.4 is 0 Å². The van der Waals surface area contributed by atoms with Gasteiger partial charge in [0.1, 0.15) is 5.82 Å². The number of halogens is 2. The molecule has 3 nitrogen and oxygen atoms in total. The summed E-state index contributed by atoms with van der Waals surface area (Å²) in [5, 5.41) is 0. The van der Waals surface area contributed by atoms with Gasteiger partial charge < -0.3 is 9.80 Å². The van der Waals surface area contributed by atoms with E-state index in [0.717, 1.165) is 30.4 Å². The van der Waals surface area contributed by atoms with Gasteiger partial charge in [-0.2, -0.15) is 0 Å². The van der Waals surface area contributed by atoms with Crippen molar-refractivity contribution in [3.8, 4) is 0 Å². The molecule has 0 spiro atoms. The summed E-state index contributed by atoms with van der Waals surface area (Å²) < 4.78 is 14.5. The molecule has 1 aromatic carbocycles. The summed E-state index contributed by atoms with van der Waals surface area (Å²) in [6.07, 6.45) is 2.11. The van der Waals surface area contributed by atoms with Crippen molar-refractivity contribution in [2.75, 3.05) is 27.2 Å². The maximum atomic E-state index is 13.7. The monoisotopic (exact) mass is 342 g/mol. The summed E-state index contributed by atoms with van der Waals surface area (Å²) in [5.41, 5.74) is 0.458. The minimum absolute atomic E-state index is 0.0132. The van der Waals surface area contributed by atoms with Crippen molar-refractivity contribution < 1.29 is 9.18 Å². The summed E-state index contributed by atoms with van der Waals surface area (Å²) in [6.45, 7) is 1.52. The summed E-state index contributed by atoms with van der Waals surface area (Å²) in [5.74, 6) is -0.302. The summed E-state index contributed by atoms with van der Waals surface area (Å²) in [7, 11) is 4.14. The molecule has 1 fully saturated rings. The highest BCUT2D eigenvalue weighted by atomic mass is 79.9. The van der Waals surface area contributed by atoms with E-state index in [9.17, 15) is 9.18 Å². The zero-order valence-electron chi connectivity index (χ0n) is 11.9. The van der Waals surface area contributed by atoms with E-state index in [0.29, 0.717) is 11.6 Å². The van der Waals surface area contributed by atoms with E-state index in [1.807, 2.05) is 4.90 Å². The Hall–Kier alpha value is -0.940. The van der Waals surface area contributed by atoms with Crippen LogP contribution in [0.4, 0.5) is 4.39 Å².